The van der Waals surface area contributed by atoms with Crippen LogP contribution in [0, 0.1) is 0 Å². The van der Waals surface area contributed by atoms with Crippen molar-refractivity contribution < 1.29 is 18.9 Å². The molecule has 0 N–H and O–H groups in total. The van der Waals surface area contributed by atoms with E-state index in [9.17, 15) is 0 Å². The average molecular weight is 461 g/mol. The van der Waals surface area contributed by atoms with Crippen LogP contribution in [-0.2, 0) is 24.4 Å². The number of nitrogens with zero attached hydrogens (tertiary/aromatic N) is 2. The monoisotopic (exact) mass is 460 g/mol. The molecule has 0 amide bonds. The maximum Gasteiger partial charge on any atom is 0.162 e. The quantitative estimate of drug-likeness (QED) is 0.638. The second-order valence-corrected chi connectivity index (χ2v) is 9.16. The molecule has 1 saturated heterocycles. The summed E-state index contributed by atoms with van der Waals surface area (Å²) in [5, 5.41) is 0.678. The van der Waals surface area contributed by atoms with Crippen molar-refractivity contribution in [1.29, 1.82) is 0 Å². The fraction of sp³-hybridized carbons (Fsp3) is 0.520. The minimum absolute atomic E-state index is 0.268. The second kappa shape index (κ2) is 10.3. The van der Waals surface area contributed by atoms with Crippen molar-refractivity contribution in [3.63, 3.8) is 0 Å². The molecule has 174 valence electrons. The van der Waals surface area contributed by atoms with E-state index in [0.717, 1.165) is 44.0 Å². The molecule has 0 aliphatic carbocycles. The summed E-state index contributed by atoms with van der Waals surface area (Å²) in [5.41, 5.74) is 3.53. The van der Waals surface area contributed by atoms with Gasteiger partial charge in [-0.25, -0.2) is 0 Å². The lowest BCUT2D eigenvalue weighted by molar-refractivity contribution is -0.0704. The van der Waals surface area contributed by atoms with E-state index in [4.69, 9.17) is 30.5 Å². The first-order chi connectivity index (χ1) is 15.4. The van der Waals surface area contributed by atoms with E-state index < -0.39 is 0 Å². The third-order valence-electron chi connectivity index (χ3n) is 6.03. The van der Waals surface area contributed by atoms with Gasteiger partial charge in [0.2, 0.25) is 0 Å². The second-order valence-electron chi connectivity index (χ2n) is 8.75. The molecule has 2 aliphatic rings. The summed E-state index contributed by atoms with van der Waals surface area (Å²) in [4.78, 5) is 4.83. The van der Waals surface area contributed by atoms with Crippen LogP contribution in [0.1, 0.15) is 30.5 Å². The molecule has 0 spiro atoms. The van der Waals surface area contributed by atoms with Gasteiger partial charge in [-0.2, -0.15) is 0 Å². The van der Waals surface area contributed by atoms with E-state index in [0.29, 0.717) is 29.7 Å². The maximum absolute atomic E-state index is 6.55. The Balaban J connectivity index is 1.49. The van der Waals surface area contributed by atoms with Crippen molar-refractivity contribution >= 4 is 11.6 Å². The van der Waals surface area contributed by atoms with Crippen molar-refractivity contribution in [3.05, 3.63) is 52.0 Å². The summed E-state index contributed by atoms with van der Waals surface area (Å²) < 4.78 is 22.8. The molecule has 2 aliphatic heterocycles. The first-order valence-corrected chi connectivity index (χ1v) is 11.6. The zero-order chi connectivity index (χ0) is 22.7. The zero-order valence-corrected chi connectivity index (χ0v) is 20.2. The van der Waals surface area contributed by atoms with E-state index >= 15 is 0 Å². The summed E-state index contributed by atoms with van der Waals surface area (Å²) in [6.45, 7) is 10.1. The lowest BCUT2D eigenvalue weighted by Gasteiger charge is -2.35. The van der Waals surface area contributed by atoms with Crippen LogP contribution in [0.4, 0.5) is 0 Å². The average Bonchev–Trinajstić information content (AvgIpc) is 2.95. The van der Waals surface area contributed by atoms with Crippen LogP contribution in [0.15, 0.2) is 30.3 Å². The molecule has 0 aromatic heterocycles. The van der Waals surface area contributed by atoms with Gasteiger partial charge in [0.25, 0.3) is 0 Å². The molecular formula is C25H33ClN2O4. The van der Waals surface area contributed by atoms with Crippen LogP contribution in [0.3, 0.4) is 0 Å². The highest BCUT2D eigenvalue weighted by Crippen LogP contribution is 2.34. The number of hydrogen-bond acceptors (Lipinski definition) is 6. The highest BCUT2D eigenvalue weighted by Gasteiger charge is 2.23. The minimum atomic E-state index is 0.268. The predicted octanol–water partition coefficient (Wildman–Crippen LogP) is 4.36. The van der Waals surface area contributed by atoms with Gasteiger partial charge in [0.1, 0.15) is 12.4 Å². The molecular weight excluding hydrogens is 428 g/mol. The first kappa shape index (κ1) is 23.2. The summed E-state index contributed by atoms with van der Waals surface area (Å²) >= 11 is 6.55. The van der Waals surface area contributed by atoms with Crippen LogP contribution < -0.4 is 14.2 Å². The predicted molar refractivity (Wildman–Crippen MR) is 126 cm³/mol. The van der Waals surface area contributed by atoms with Gasteiger partial charge in [0.15, 0.2) is 11.5 Å². The lowest BCUT2D eigenvalue weighted by atomic mass is 10.1. The van der Waals surface area contributed by atoms with E-state index in [2.05, 4.69) is 41.8 Å². The standard InChI is InChI=1S/C25H33ClN2O4/c1-17-12-28(13-18(2)32-17)14-19-5-6-23-21(9-19)16-27(7-8-31-23)15-20-10-24(29-3)25(30-4)11-22(20)26/h5-6,9-11,17-18H,7-8,12-16H2,1-4H3/t17-,18+. The summed E-state index contributed by atoms with van der Waals surface area (Å²) in [7, 11) is 3.26. The van der Waals surface area contributed by atoms with E-state index in [1.165, 1.54) is 11.1 Å². The third kappa shape index (κ3) is 5.49. The Hall–Kier alpha value is -1.99. The number of benzene rings is 2. The topological polar surface area (TPSA) is 43.4 Å². The number of fused-ring (bicyclic) bond motifs is 1. The van der Waals surface area contributed by atoms with Crippen LogP contribution in [0.25, 0.3) is 0 Å². The molecule has 0 radical (unpaired) electrons. The lowest BCUT2D eigenvalue weighted by Crippen LogP contribution is -2.44. The van der Waals surface area contributed by atoms with Crippen LogP contribution >= 0.6 is 11.6 Å². The third-order valence-corrected chi connectivity index (χ3v) is 6.38. The molecule has 6 nitrogen and oxygen atoms in total. The SMILES string of the molecule is COc1cc(Cl)c(CN2CCOc3ccc(CN4C[C@@H](C)O[C@@H](C)C4)cc3C2)cc1OC. The van der Waals surface area contributed by atoms with Gasteiger partial charge in [0, 0.05) is 55.9 Å². The van der Waals surface area contributed by atoms with Gasteiger partial charge in [-0.15, -0.1) is 0 Å². The number of ether oxygens (including phenoxy) is 4. The molecule has 0 saturated carbocycles. The van der Waals surface area contributed by atoms with Crippen LogP contribution in [0.2, 0.25) is 5.02 Å². The summed E-state index contributed by atoms with van der Waals surface area (Å²) in [6, 6.07) is 10.4. The van der Waals surface area contributed by atoms with Crippen molar-refractivity contribution in [3.8, 4) is 17.2 Å². The molecule has 0 bridgehead atoms. The molecule has 2 heterocycles. The van der Waals surface area contributed by atoms with Crippen molar-refractivity contribution in [2.75, 3.05) is 40.5 Å². The number of rotatable bonds is 6. The highest BCUT2D eigenvalue weighted by molar-refractivity contribution is 6.31. The van der Waals surface area contributed by atoms with Gasteiger partial charge in [-0.1, -0.05) is 17.7 Å². The first-order valence-electron chi connectivity index (χ1n) is 11.2. The molecule has 2 aromatic carbocycles. The van der Waals surface area contributed by atoms with Gasteiger partial charge in [-0.05, 0) is 43.2 Å². The molecule has 2 aromatic rings. The molecule has 1 fully saturated rings. The Bertz CT molecular complexity index is 928. The Labute approximate surface area is 195 Å². The highest BCUT2D eigenvalue weighted by atomic mass is 35.5. The normalized spacial score (nSPS) is 22.0. The van der Waals surface area contributed by atoms with E-state index in [1.807, 2.05) is 12.1 Å². The summed E-state index contributed by atoms with van der Waals surface area (Å²) in [5.74, 6) is 2.30. The number of halogens is 1. The number of morpholine rings is 1. The van der Waals surface area contributed by atoms with Crippen LogP contribution in [-0.4, -0.2) is 62.5 Å². The van der Waals surface area contributed by atoms with Crippen molar-refractivity contribution in [1.82, 2.24) is 9.80 Å². The van der Waals surface area contributed by atoms with E-state index in [-0.39, 0.29) is 12.2 Å². The largest absolute Gasteiger partial charge is 0.493 e. The van der Waals surface area contributed by atoms with Gasteiger partial charge in [0.05, 0.1) is 26.4 Å². The minimum Gasteiger partial charge on any atom is -0.493 e. The molecule has 7 heteroatoms. The van der Waals surface area contributed by atoms with Crippen molar-refractivity contribution in [2.45, 2.75) is 45.7 Å². The number of methoxy groups -OCH3 is 2. The maximum atomic E-state index is 6.55. The smallest absolute Gasteiger partial charge is 0.162 e. The van der Waals surface area contributed by atoms with E-state index in [1.54, 1.807) is 14.2 Å². The number of hydrogen-bond donors (Lipinski definition) is 0. The summed E-state index contributed by atoms with van der Waals surface area (Å²) in [6.07, 6.45) is 0.536. The molecule has 32 heavy (non-hydrogen) atoms. The Kier molecular flexibility index (Phi) is 7.46. The van der Waals surface area contributed by atoms with Gasteiger partial charge in [-0.3, -0.25) is 9.80 Å². The Morgan fingerprint density at radius 2 is 1.69 bits per heavy atom. The van der Waals surface area contributed by atoms with Crippen LogP contribution in [0.5, 0.6) is 17.2 Å². The van der Waals surface area contributed by atoms with Gasteiger partial charge >= 0.3 is 0 Å². The fourth-order valence-electron chi connectivity index (χ4n) is 4.67. The molecule has 0 unspecified atom stereocenters. The Morgan fingerprint density at radius 1 is 0.969 bits per heavy atom. The molecule has 2 atom stereocenters. The Morgan fingerprint density at radius 3 is 2.41 bits per heavy atom. The fourth-order valence-corrected chi connectivity index (χ4v) is 4.88. The van der Waals surface area contributed by atoms with Gasteiger partial charge < -0.3 is 18.9 Å². The van der Waals surface area contributed by atoms with Crippen molar-refractivity contribution in [2.24, 2.45) is 0 Å². The molecule has 4 rings (SSSR count). The zero-order valence-electron chi connectivity index (χ0n) is 19.4.